The lowest BCUT2D eigenvalue weighted by Gasteiger charge is -2.19. The molecule has 0 aromatic heterocycles. The smallest absolute Gasteiger partial charge is 0.146 e. The molecular formula is C21H24O3. The van der Waals surface area contributed by atoms with Crippen molar-refractivity contribution in [3.05, 3.63) is 70.8 Å². The van der Waals surface area contributed by atoms with Crippen molar-refractivity contribution < 1.29 is 14.2 Å². The highest BCUT2D eigenvalue weighted by atomic mass is 16.6. The van der Waals surface area contributed by atoms with Crippen molar-refractivity contribution in [2.24, 2.45) is 0 Å². The number of ether oxygens (including phenoxy) is 3. The summed E-state index contributed by atoms with van der Waals surface area (Å²) >= 11 is 0. The Morgan fingerprint density at radius 1 is 0.917 bits per heavy atom. The lowest BCUT2D eigenvalue weighted by atomic mass is 9.84. The molecule has 3 nitrogen and oxygen atoms in total. The van der Waals surface area contributed by atoms with Crippen molar-refractivity contribution in [3.8, 4) is 11.5 Å². The minimum Gasteiger partial charge on any atom is -0.497 e. The molecule has 3 heteroatoms. The van der Waals surface area contributed by atoms with E-state index >= 15 is 0 Å². The first kappa shape index (κ1) is 16.6. The monoisotopic (exact) mass is 324 g/mol. The summed E-state index contributed by atoms with van der Waals surface area (Å²) in [5.74, 6) is 1.54. The van der Waals surface area contributed by atoms with Crippen LogP contribution in [0.5, 0.6) is 11.5 Å². The van der Waals surface area contributed by atoms with Crippen LogP contribution in [0.3, 0.4) is 0 Å². The van der Waals surface area contributed by atoms with Crippen LogP contribution >= 0.6 is 0 Å². The second kappa shape index (κ2) is 6.33. The summed E-state index contributed by atoms with van der Waals surface area (Å²) < 4.78 is 17.2. The molecule has 1 aliphatic rings. The number of hydrogen-bond donors (Lipinski definition) is 0. The number of methoxy groups -OCH3 is 2. The van der Waals surface area contributed by atoms with Gasteiger partial charge in [-0.25, -0.2) is 0 Å². The first-order chi connectivity index (χ1) is 11.5. The van der Waals surface area contributed by atoms with Gasteiger partial charge in [0.25, 0.3) is 0 Å². The zero-order valence-electron chi connectivity index (χ0n) is 14.9. The Morgan fingerprint density at radius 2 is 1.50 bits per heavy atom. The third-order valence-electron chi connectivity index (χ3n) is 4.81. The summed E-state index contributed by atoms with van der Waals surface area (Å²) in [6, 6.07) is 16.3. The fraction of sp³-hybridized carbons (Fsp3) is 0.333. The van der Waals surface area contributed by atoms with E-state index < -0.39 is 5.60 Å². The van der Waals surface area contributed by atoms with Gasteiger partial charge in [0, 0.05) is 6.07 Å². The van der Waals surface area contributed by atoms with Crippen LogP contribution in [0.4, 0.5) is 0 Å². The molecule has 2 aromatic rings. The van der Waals surface area contributed by atoms with Gasteiger partial charge in [0.15, 0.2) is 0 Å². The molecule has 1 saturated heterocycles. The van der Waals surface area contributed by atoms with Gasteiger partial charge in [-0.05, 0) is 49.6 Å². The summed E-state index contributed by atoms with van der Waals surface area (Å²) in [5.41, 5.74) is 4.27. The van der Waals surface area contributed by atoms with E-state index in [0.717, 1.165) is 17.1 Å². The van der Waals surface area contributed by atoms with Gasteiger partial charge in [-0.1, -0.05) is 35.9 Å². The molecule has 0 N–H and O–H groups in total. The maximum absolute atomic E-state index is 6.33. The van der Waals surface area contributed by atoms with Crippen LogP contribution in [-0.2, 0) is 10.3 Å². The largest absolute Gasteiger partial charge is 0.497 e. The Labute approximate surface area is 143 Å². The van der Waals surface area contributed by atoms with Crippen molar-refractivity contribution in [1.82, 2.24) is 0 Å². The predicted molar refractivity (Wildman–Crippen MR) is 95.5 cm³/mol. The average Bonchev–Trinajstić information content (AvgIpc) is 3.38. The van der Waals surface area contributed by atoms with Gasteiger partial charge in [-0.15, -0.1) is 0 Å². The third kappa shape index (κ3) is 2.69. The molecule has 1 heterocycles. The van der Waals surface area contributed by atoms with Crippen LogP contribution in [0, 0.1) is 0 Å². The Balaban J connectivity index is 2.14. The fourth-order valence-corrected chi connectivity index (χ4v) is 3.20. The van der Waals surface area contributed by atoms with E-state index in [2.05, 4.69) is 32.9 Å². The number of rotatable bonds is 5. The Hall–Kier alpha value is -2.26. The molecule has 24 heavy (non-hydrogen) atoms. The molecule has 2 unspecified atom stereocenters. The van der Waals surface area contributed by atoms with E-state index in [4.69, 9.17) is 14.2 Å². The second-order valence-corrected chi connectivity index (χ2v) is 6.37. The van der Waals surface area contributed by atoms with Crippen molar-refractivity contribution in [2.45, 2.75) is 32.5 Å². The second-order valence-electron chi connectivity index (χ2n) is 6.37. The van der Waals surface area contributed by atoms with Gasteiger partial charge >= 0.3 is 0 Å². The Bertz CT molecular complexity index is 738. The van der Waals surface area contributed by atoms with E-state index in [9.17, 15) is 0 Å². The normalized spacial score (nSPS) is 22.0. The molecule has 0 spiro atoms. The van der Waals surface area contributed by atoms with Gasteiger partial charge in [0.2, 0.25) is 0 Å². The van der Waals surface area contributed by atoms with Gasteiger partial charge in [0.05, 0.1) is 14.2 Å². The first-order valence-corrected chi connectivity index (χ1v) is 8.13. The van der Waals surface area contributed by atoms with E-state index in [1.807, 2.05) is 36.4 Å². The fourth-order valence-electron chi connectivity index (χ4n) is 3.20. The summed E-state index contributed by atoms with van der Waals surface area (Å²) in [4.78, 5) is 0. The molecule has 0 bridgehead atoms. The molecule has 0 saturated carbocycles. The van der Waals surface area contributed by atoms with Crippen molar-refractivity contribution in [3.63, 3.8) is 0 Å². The molecule has 0 radical (unpaired) electrons. The molecule has 1 fully saturated rings. The van der Waals surface area contributed by atoms with E-state index in [1.165, 1.54) is 16.7 Å². The molecule has 0 aliphatic carbocycles. The maximum atomic E-state index is 6.33. The number of epoxide rings is 1. The van der Waals surface area contributed by atoms with Crippen molar-refractivity contribution in [2.75, 3.05) is 14.2 Å². The molecule has 3 rings (SSSR count). The third-order valence-corrected chi connectivity index (χ3v) is 4.81. The highest BCUT2D eigenvalue weighted by molar-refractivity contribution is 5.50. The number of benzene rings is 2. The van der Waals surface area contributed by atoms with Crippen LogP contribution in [0.25, 0.3) is 0 Å². The molecule has 1 aliphatic heterocycles. The number of allylic oxidation sites excluding steroid dienone is 1. The highest BCUT2D eigenvalue weighted by Gasteiger charge is 2.60. The highest BCUT2D eigenvalue weighted by Crippen LogP contribution is 2.62. The number of hydrogen-bond acceptors (Lipinski definition) is 3. The van der Waals surface area contributed by atoms with Gasteiger partial charge in [-0.2, -0.15) is 0 Å². The Kier molecular flexibility index (Phi) is 4.37. The quantitative estimate of drug-likeness (QED) is 0.571. The average molecular weight is 324 g/mol. The maximum Gasteiger partial charge on any atom is 0.146 e. The minimum absolute atomic E-state index is 0.00501. The molecule has 2 aromatic carbocycles. The summed E-state index contributed by atoms with van der Waals surface area (Å²) in [6.07, 6.45) is 0.00501. The zero-order chi connectivity index (χ0) is 17.3. The van der Waals surface area contributed by atoms with Gasteiger partial charge < -0.3 is 14.2 Å². The van der Waals surface area contributed by atoms with Crippen LogP contribution in [0.2, 0.25) is 0 Å². The van der Waals surface area contributed by atoms with Crippen LogP contribution < -0.4 is 9.47 Å². The van der Waals surface area contributed by atoms with Crippen LogP contribution in [-0.4, -0.2) is 14.2 Å². The van der Waals surface area contributed by atoms with Gasteiger partial charge in [-0.3, -0.25) is 0 Å². The van der Waals surface area contributed by atoms with E-state index in [1.54, 1.807) is 14.2 Å². The van der Waals surface area contributed by atoms with E-state index in [0.29, 0.717) is 0 Å². The molecule has 126 valence electrons. The van der Waals surface area contributed by atoms with Gasteiger partial charge in [0.1, 0.15) is 23.2 Å². The zero-order valence-corrected chi connectivity index (χ0v) is 14.9. The summed E-state index contributed by atoms with van der Waals surface area (Å²) in [7, 11) is 3.34. The Morgan fingerprint density at radius 3 is 2.00 bits per heavy atom. The molecule has 0 amide bonds. The van der Waals surface area contributed by atoms with Crippen molar-refractivity contribution >= 4 is 0 Å². The predicted octanol–water partition coefficient (Wildman–Crippen LogP) is 5.03. The van der Waals surface area contributed by atoms with Crippen LogP contribution in [0.15, 0.2) is 59.7 Å². The lowest BCUT2D eigenvalue weighted by molar-refractivity contribution is 0.321. The summed E-state index contributed by atoms with van der Waals surface area (Å²) in [6.45, 7) is 6.39. The lowest BCUT2D eigenvalue weighted by Crippen LogP contribution is -2.14. The summed E-state index contributed by atoms with van der Waals surface area (Å²) in [5, 5.41) is 0. The SMILES string of the molecule is COc1cc(OC)cc(C2(C(C)=C(C)C)OC2c2ccccc2)c1. The molecular weight excluding hydrogens is 300 g/mol. The topological polar surface area (TPSA) is 31.0 Å². The van der Waals surface area contributed by atoms with Crippen LogP contribution in [0.1, 0.15) is 38.0 Å². The minimum atomic E-state index is -0.456. The van der Waals surface area contributed by atoms with E-state index in [-0.39, 0.29) is 6.10 Å². The van der Waals surface area contributed by atoms with Crippen molar-refractivity contribution in [1.29, 1.82) is 0 Å². The standard InChI is InChI=1S/C21H24O3/c1-14(2)15(3)21(20(24-21)16-9-7-6-8-10-16)17-11-18(22-4)13-19(12-17)23-5/h6-13,20H,1-5H3. The first-order valence-electron chi connectivity index (χ1n) is 8.13. The molecule has 2 atom stereocenters.